The number of nitrogens with zero attached hydrogens (tertiary/aromatic N) is 6. The summed E-state index contributed by atoms with van der Waals surface area (Å²) < 4.78 is 6.08. The molecule has 3 aromatic rings. The van der Waals surface area contributed by atoms with Gasteiger partial charge in [0.15, 0.2) is 0 Å². The first-order chi connectivity index (χ1) is 26.1. The zero-order valence-electron chi connectivity index (χ0n) is 29.6. The number of hydrogen-bond donors (Lipinski definition) is 2. The van der Waals surface area contributed by atoms with Crippen molar-refractivity contribution in [2.24, 2.45) is 5.92 Å². The normalized spacial score (nSPS) is 23.1. The number of amides is 5. The van der Waals surface area contributed by atoms with Crippen LogP contribution in [-0.2, 0) is 22.7 Å². The zero-order valence-corrected chi connectivity index (χ0v) is 30.3. The van der Waals surface area contributed by atoms with Crippen LogP contribution >= 0.6 is 11.6 Å². The first-order valence-corrected chi connectivity index (χ1v) is 18.8. The van der Waals surface area contributed by atoms with Crippen LogP contribution in [-0.4, -0.2) is 87.1 Å². The smallest absolute Gasteiger partial charge is 0.262 e. The Morgan fingerprint density at radius 1 is 0.926 bits per heavy atom. The van der Waals surface area contributed by atoms with E-state index in [-0.39, 0.29) is 30.9 Å². The van der Waals surface area contributed by atoms with Crippen molar-refractivity contribution in [3.05, 3.63) is 87.0 Å². The highest BCUT2D eigenvalue weighted by Crippen LogP contribution is 2.35. The summed E-state index contributed by atoms with van der Waals surface area (Å²) in [4.78, 5) is 81.5. The second-order valence-electron chi connectivity index (χ2n) is 14.8. The van der Waals surface area contributed by atoms with Gasteiger partial charge in [-0.2, -0.15) is 0 Å². The number of ether oxygens (including phenoxy) is 1. The Kier molecular flexibility index (Phi) is 9.76. The SMILES string of the molecule is [C-]#[N+]c1ccc(OC2CCC(NC(=O)c3cnc(N4CCC(CN5Cc6cc7c(cc6C5)C(=O)N(C5CCC(=O)NC5=O)C7=O)CC4)nc3)CC2)cc1Cl. The van der Waals surface area contributed by atoms with Gasteiger partial charge in [-0.25, -0.2) is 14.8 Å². The molecule has 54 heavy (non-hydrogen) atoms. The average molecular weight is 751 g/mol. The van der Waals surface area contributed by atoms with E-state index in [1.54, 1.807) is 42.7 Å². The lowest BCUT2D eigenvalue weighted by molar-refractivity contribution is -0.136. The summed E-state index contributed by atoms with van der Waals surface area (Å²) in [6.07, 6.45) is 8.50. The fourth-order valence-corrected chi connectivity index (χ4v) is 8.50. The molecule has 5 aliphatic rings. The summed E-state index contributed by atoms with van der Waals surface area (Å²) in [5.41, 5.74) is 3.50. The molecule has 1 aromatic heterocycles. The van der Waals surface area contributed by atoms with Crippen molar-refractivity contribution in [2.75, 3.05) is 24.5 Å². The highest BCUT2D eigenvalue weighted by molar-refractivity contribution is 6.33. The second-order valence-corrected chi connectivity index (χ2v) is 15.2. The number of halogens is 1. The molecule has 4 aliphatic heterocycles. The van der Waals surface area contributed by atoms with Crippen LogP contribution in [0.25, 0.3) is 4.85 Å². The Morgan fingerprint density at radius 2 is 1.59 bits per heavy atom. The molecule has 3 fully saturated rings. The predicted molar refractivity (Wildman–Crippen MR) is 196 cm³/mol. The van der Waals surface area contributed by atoms with E-state index in [1.807, 2.05) is 0 Å². The molecule has 5 amide bonds. The van der Waals surface area contributed by atoms with Gasteiger partial charge in [-0.05, 0) is 86.3 Å². The van der Waals surface area contributed by atoms with Gasteiger partial charge in [0, 0.05) is 57.6 Å². The largest absolute Gasteiger partial charge is 0.490 e. The van der Waals surface area contributed by atoms with E-state index in [9.17, 15) is 24.0 Å². The number of hydrogen-bond acceptors (Lipinski definition) is 10. The van der Waals surface area contributed by atoms with Gasteiger partial charge < -0.3 is 15.0 Å². The van der Waals surface area contributed by atoms with Gasteiger partial charge in [-0.1, -0.05) is 17.7 Å². The van der Waals surface area contributed by atoms with E-state index in [2.05, 4.69) is 35.2 Å². The van der Waals surface area contributed by atoms with E-state index in [0.29, 0.717) is 58.1 Å². The number of carbonyl (C=O) groups is 5. The third kappa shape index (κ3) is 7.13. The van der Waals surface area contributed by atoms with Gasteiger partial charge in [0.05, 0.1) is 34.4 Å². The van der Waals surface area contributed by atoms with Crippen LogP contribution in [0, 0.1) is 12.5 Å². The third-order valence-corrected chi connectivity index (χ3v) is 11.5. The van der Waals surface area contributed by atoms with Crippen LogP contribution < -0.4 is 20.3 Å². The Hall–Kier alpha value is -5.39. The summed E-state index contributed by atoms with van der Waals surface area (Å²) in [5, 5.41) is 5.73. The van der Waals surface area contributed by atoms with Crippen LogP contribution in [0.5, 0.6) is 5.75 Å². The molecule has 278 valence electrons. The van der Waals surface area contributed by atoms with E-state index >= 15 is 0 Å². The summed E-state index contributed by atoms with van der Waals surface area (Å²) >= 11 is 6.15. The molecule has 1 unspecified atom stereocenters. The number of aromatic nitrogens is 2. The van der Waals surface area contributed by atoms with Crippen LogP contribution in [0.4, 0.5) is 11.6 Å². The van der Waals surface area contributed by atoms with Crippen LogP contribution in [0.1, 0.15) is 93.6 Å². The number of piperidine rings is 2. The van der Waals surface area contributed by atoms with Crippen LogP contribution in [0.2, 0.25) is 5.02 Å². The highest BCUT2D eigenvalue weighted by Gasteiger charge is 2.45. The van der Waals surface area contributed by atoms with E-state index in [0.717, 1.165) is 74.2 Å². The van der Waals surface area contributed by atoms with E-state index < -0.39 is 29.7 Å². The van der Waals surface area contributed by atoms with Crippen molar-refractivity contribution in [3.8, 4) is 5.75 Å². The predicted octanol–water partition coefficient (Wildman–Crippen LogP) is 4.43. The maximum Gasteiger partial charge on any atom is 0.262 e. The second kappa shape index (κ2) is 14.8. The first kappa shape index (κ1) is 35.6. The van der Waals surface area contributed by atoms with Crippen LogP contribution in [0.3, 0.4) is 0 Å². The topological polar surface area (TPSA) is 158 Å². The van der Waals surface area contributed by atoms with E-state index in [4.69, 9.17) is 22.9 Å². The lowest BCUT2D eigenvalue weighted by Gasteiger charge is -2.33. The molecular weight excluding hydrogens is 712 g/mol. The Morgan fingerprint density at radius 3 is 2.20 bits per heavy atom. The van der Waals surface area contributed by atoms with Gasteiger partial charge in [0.2, 0.25) is 23.5 Å². The Bertz CT molecular complexity index is 2020. The van der Waals surface area contributed by atoms with E-state index in [1.165, 1.54) is 0 Å². The molecule has 2 N–H and O–H groups in total. The summed E-state index contributed by atoms with van der Waals surface area (Å²) in [7, 11) is 0. The zero-order chi connectivity index (χ0) is 37.5. The fraction of sp³-hybridized carbons (Fsp3) is 0.436. The highest BCUT2D eigenvalue weighted by atomic mass is 35.5. The number of rotatable bonds is 8. The molecule has 1 saturated carbocycles. The quantitative estimate of drug-likeness (QED) is 0.249. The minimum Gasteiger partial charge on any atom is -0.490 e. The number of fused-ring (bicyclic) bond motifs is 2. The summed E-state index contributed by atoms with van der Waals surface area (Å²) in [6.45, 7) is 11.0. The van der Waals surface area contributed by atoms with Crippen LogP contribution in [0.15, 0.2) is 42.7 Å². The monoisotopic (exact) mass is 750 g/mol. The minimum absolute atomic E-state index is 0.0212. The average Bonchev–Trinajstić information content (AvgIpc) is 3.67. The molecule has 14 nitrogen and oxygen atoms in total. The molecule has 1 aliphatic carbocycles. The van der Waals surface area contributed by atoms with Crippen molar-refractivity contribution in [1.29, 1.82) is 0 Å². The number of anilines is 1. The van der Waals surface area contributed by atoms with Gasteiger partial charge in [-0.15, -0.1) is 0 Å². The molecular formula is C39H39ClN8O6. The van der Waals surface area contributed by atoms with Crippen molar-refractivity contribution in [3.63, 3.8) is 0 Å². The molecule has 5 heterocycles. The molecule has 0 bridgehead atoms. The fourth-order valence-electron chi connectivity index (χ4n) is 8.29. The molecule has 2 saturated heterocycles. The molecule has 2 aromatic carbocycles. The lowest BCUT2D eigenvalue weighted by Crippen LogP contribution is -2.54. The summed E-state index contributed by atoms with van der Waals surface area (Å²) in [5.74, 6) is -0.441. The lowest BCUT2D eigenvalue weighted by atomic mass is 9.92. The first-order valence-electron chi connectivity index (χ1n) is 18.4. The van der Waals surface area contributed by atoms with Gasteiger partial charge >= 0.3 is 0 Å². The Labute approximate surface area is 317 Å². The number of carbonyl (C=O) groups excluding carboxylic acids is 5. The van der Waals surface area contributed by atoms with Gasteiger partial charge in [0.1, 0.15) is 11.8 Å². The molecule has 15 heteroatoms. The molecule has 8 rings (SSSR count). The maximum atomic E-state index is 13.3. The Balaban J connectivity index is 0.780. The molecule has 1 atom stereocenters. The standard InChI is InChI=1S/C39H39ClN8O6/c1-41-32-7-6-28(16-31(32)40)54-27-4-2-26(3-5-27)44-35(50)25-17-42-39(43-18-25)47-12-10-22(11-13-47)19-46-20-23-14-29-30(15-24(23)21-46)38(53)48(37(29)52)33-8-9-34(49)45-36(33)51/h6-7,14-18,22,26-27,33H,2-5,8-13,19-21H2,(H,44,50)(H,45,49,51). The van der Waals surface area contributed by atoms with Crippen molar-refractivity contribution in [2.45, 2.75) is 82.6 Å². The minimum atomic E-state index is -0.970. The maximum absolute atomic E-state index is 13.3. The number of benzene rings is 2. The van der Waals surface area contributed by atoms with Gasteiger partial charge in [-0.3, -0.25) is 39.1 Å². The summed E-state index contributed by atoms with van der Waals surface area (Å²) in [6, 6.07) is 7.77. The van der Waals surface area contributed by atoms with Crippen molar-refractivity contribution in [1.82, 2.24) is 30.4 Å². The molecule has 0 radical (unpaired) electrons. The third-order valence-electron chi connectivity index (χ3n) is 11.2. The van der Waals surface area contributed by atoms with Gasteiger partial charge in [0.25, 0.3) is 17.7 Å². The number of imide groups is 2. The number of nitrogens with one attached hydrogen (secondary N) is 2. The molecule has 0 spiro atoms. The van der Waals surface area contributed by atoms with Crippen molar-refractivity contribution < 1.29 is 28.7 Å². The van der Waals surface area contributed by atoms with Crippen molar-refractivity contribution >= 4 is 52.8 Å².